The molecule has 302 valence electrons. The quantitative estimate of drug-likeness (QED) is 0.132. The highest BCUT2D eigenvalue weighted by molar-refractivity contribution is 6.16. The van der Waals surface area contributed by atoms with E-state index in [-0.39, 0.29) is 0 Å². The van der Waals surface area contributed by atoms with Gasteiger partial charge in [-0.15, -0.1) is 0 Å². The minimum absolute atomic E-state index is 0.428. The molecule has 0 heterocycles. The fraction of sp³-hybridized carbons (Fsp3) is 0.131. The van der Waals surface area contributed by atoms with Crippen LogP contribution in [0.1, 0.15) is 74.5 Å². The number of nitrogens with two attached hydrogens (primary N) is 1. The van der Waals surface area contributed by atoms with Crippen molar-refractivity contribution in [2.75, 3.05) is 5.73 Å². The van der Waals surface area contributed by atoms with Gasteiger partial charge in [-0.1, -0.05) is 182 Å². The number of para-hydroxylation sites is 1. The zero-order valence-electron chi connectivity index (χ0n) is 36.0. The SMILES string of the molecule is Cc1ccccc1-c1cccc(-c2cccc(C(=NCc3ccc4c(c3)C3(c5ccccc5-c5ccccc53)c3ccc5c(c3-4)CC3=C5C=CCC3C)c3ccccc3N)c2)c1C. The summed E-state index contributed by atoms with van der Waals surface area (Å²) in [5, 5.41) is 0. The normalized spacial score (nSPS) is 16.1. The molecule has 4 aliphatic rings. The predicted molar refractivity (Wildman–Crippen MR) is 263 cm³/mol. The fourth-order valence-corrected chi connectivity index (χ4v) is 11.7. The number of nitrogens with zero attached hydrogens (tertiary/aromatic N) is 1. The molecule has 8 aromatic rings. The number of nitrogen functional groups attached to an aromatic ring is 1. The van der Waals surface area contributed by atoms with E-state index < -0.39 is 5.41 Å². The molecule has 0 saturated carbocycles. The average Bonchev–Trinajstić information content (AvgIpc) is 3.95. The van der Waals surface area contributed by atoms with E-state index in [0.29, 0.717) is 12.5 Å². The van der Waals surface area contributed by atoms with Gasteiger partial charge in [-0.3, -0.25) is 4.99 Å². The lowest BCUT2D eigenvalue weighted by atomic mass is 9.70. The molecule has 0 aliphatic heterocycles. The Bertz CT molecular complexity index is 3270. The molecular weight excluding hydrogens is 761 g/mol. The summed E-state index contributed by atoms with van der Waals surface area (Å²) >= 11 is 0. The highest BCUT2D eigenvalue weighted by atomic mass is 14.7. The summed E-state index contributed by atoms with van der Waals surface area (Å²) in [4.78, 5) is 5.55. The third-order valence-electron chi connectivity index (χ3n) is 14.7. The highest BCUT2D eigenvalue weighted by Crippen LogP contribution is 2.64. The second kappa shape index (κ2) is 14.4. The first-order valence-corrected chi connectivity index (χ1v) is 22.5. The van der Waals surface area contributed by atoms with Gasteiger partial charge in [-0.25, -0.2) is 0 Å². The van der Waals surface area contributed by atoms with Crippen LogP contribution in [0.4, 0.5) is 5.69 Å². The number of aliphatic imine (C=N–C) groups is 1. The van der Waals surface area contributed by atoms with Gasteiger partial charge in [-0.2, -0.15) is 0 Å². The van der Waals surface area contributed by atoms with Crippen molar-refractivity contribution in [1.82, 2.24) is 0 Å². The summed E-state index contributed by atoms with van der Waals surface area (Å²) in [6, 6.07) is 62.7. The van der Waals surface area contributed by atoms with Crippen LogP contribution in [0, 0.1) is 19.8 Å². The first-order valence-electron chi connectivity index (χ1n) is 22.5. The molecule has 0 bridgehead atoms. The van der Waals surface area contributed by atoms with Crippen LogP contribution in [0.2, 0.25) is 0 Å². The second-order valence-corrected chi connectivity index (χ2v) is 18.0. The molecule has 2 heteroatoms. The summed E-state index contributed by atoms with van der Waals surface area (Å²) in [5.74, 6) is 0.553. The molecule has 8 aromatic carbocycles. The van der Waals surface area contributed by atoms with Crippen LogP contribution in [-0.4, -0.2) is 5.71 Å². The lowest BCUT2D eigenvalue weighted by Crippen LogP contribution is -2.26. The molecular formula is C61H48N2. The average molecular weight is 809 g/mol. The molecule has 63 heavy (non-hydrogen) atoms. The zero-order chi connectivity index (χ0) is 42.4. The van der Waals surface area contributed by atoms with E-state index >= 15 is 0 Å². The molecule has 4 aliphatic carbocycles. The minimum Gasteiger partial charge on any atom is -0.398 e. The second-order valence-electron chi connectivity index (χ2n) is 18.0. The van der Waals surface area contributed by atoms with Gasteiger partial charge >= 0.3 is 0 Å². The minimum atomic E-state index is -0.428. The first kappa shape index (κ1) is 37.5. The molecule has 0 radical (unpaired) electrons. The van der Waals surface area contributed by atoms with E-state index in [1.807, 2.05) is 12.1 Å². The molecule has 1 spiro atoms. The van der Waals surface area contributed by atoms with Gasteiger partial charge in [0.25, 0.3) is 0 Å². The summed E-state index contributed by atoms with van der Waals surface area (Å²) in [6.07, 6.45) is 6.89. The van der Waals surface area contributed by atoms with Gasteiger partial charge in [0.2, 0.25) is 0 Å². The van der Waals surface area contributed by atoms with Crippen LogP contribution < -0.4 is 5.73 Å². The van der Waals surface area contributed by atoms with Crippen molar-refractivity contribution in [1.29, 1.82) is 0 Å². The van der Waals surface area contributed by atoms with Crippen molar-refractivity contribution >= 4 is 17.0 Å². The van der Waals surface area contributed by atoms with Crippen molar-refractivity contribution < 1.29 is 0 Å². The van der Waals surface area contributed by atoms with Crippen molar-refractivity contribution in [2.45, 2.75) is 45.6 Å². The number of anilines is 1. The van der Waals surface area contributed by atoms with Crippen LogP contribution in [0.25, 0.3) is 50.1 Å². The Morgan fingerprint density at radius 3 is 2.08 bits per heavy atom. The van der Waals surface area contributed by atoms with E-state index in [1.54, 1.807) is 5.57 Å². The van der Waals surface area contributed by atoms with E-state index in [2.05, 4.69) is 191 Å². The molecule has 1 atom stereocenters. The maximum absolute atomic E-state index is 6.80. The molecule has 0 amide bonds. The van der Waals surface area contributed by atoms with E-state index in [1.165, 1.54) is 94.6 Å². The number of rotatable bonds is 6. The molecule has 2 nitrogen and oxygen atoms in total. The predicted octanol–water partition coefficient (Wildman–Crippen LogP) is 14.5. The molecule has 0 saturated heterocycles. The molecule has 2 N–H and O–H groups in total. The summed E-state index contributed by atoms with van der Waals surface area (Å²) in [6.45, 7) is 7.34. The topological polar surface area (TPSA) is 38.4 Å². The first-order chi connectivity index (χ1) is 30.9. The van der Waals surface area contributed by atoms with Gasteiger partial charge in [0.15, 0.2) is 0 Å². The maximum Gasteiger partial charge on any atom is 0.0743 e. The smallest absolute Gasteiger partial charge is 0.0743 e. The standard InChI is InChI=1S/C61H48N2/c1-37-15-4-5-19-43(37)45-24-14-23-44(39(45)3)41-17-13-18-42(34-41)60(51-22-8-11-28-58(51)62)63-36-40-29-30-50-57(33-40)61(54-26-9-6-20-48(54)49-21-7-10-27-55(49)61)56-32-31-47-46-25-12-16-38(2)52(46)35-53(47)59(50)56/h4-15,17-34,38H,16,35-36,62H2,1-3H3. The molecule has 0 fully saturated rings. The van der Waals surface area contributed by atoms with Gasteiger partial charge in [0.1, 0.15) is 0 Å². The Labute approximate surface area is 370 Å². The molecule has 12 rings (SSSR count). The van der Waals surface area contributed by atoms with Crippen molar-refractivity contribution in [3.63, 3.8) is 0 Å². The summed E-state index contributed by atoms with van der Waals surface area (Å²) in [7, 11) is 0. The number of allylic oxidation sites excluding steroid dienone is 4. The largest absolute Gasteiger partial charge is 0.398 e. The zero-order valence-corrected chi connectivity index (χ0v) is 36.0. The summed E-state index contributed by atoms with van der Waals surface area (Å²) < 4.78 is 0. The number of fused-ring (bicyclic) bond motifs is 13. The Hall–Kier alpha value is -7.29. The molecule has 1 unspecified atom stereocenters. The Morgan fingerprint density at radius 2 is 1.29 bits per heavy atom. The molecule has 0 aromatic heterocycles. The Kier molecular flexibility index (Phi) is 8.56. The van der Waals surface area contributed by atoms with Crippen LogP contribution >= 0.6 is 0 Å². The fourth-order valence-electron chi connectivity index (χ4n) is 11.7. The van der Waals surface area contributed by atoms with Gasteiger partial charge in [0, 0.05) is 16.8 Å². The van der Waals surface area contributed by atoms with Gasteiger partial charge in [-0.05, 0) is 145 Å². The van der Waals surface area contributed by atoms with Crippen LogP contribution in [0.15, 0.2) is 193 Å². The van der Waals surface area contributed by atoms with E-state index in [0.717, 1.165) is 40.9 Å². The van der Waals surface area contributed by atoms with Crippen LogP contribution in [-0.2, 0) is 18.4 Å². The summed E-state index contributed by atoms with van der Waals surface area (Å²) in [5.41, 5.74) is 35.4. The lowest BCUT2D eigenvalue weighted by molar-refractivity contribution is 0.677. The van der Waals surface area contributed by atoms with E-state index in [4.69, 9.17) is 10.7 Å². The third kappa shape index (κ3) is 5.54. The highest BCUT2D eigenvalue weighted by Gasteiger charge is 2.52. The third-order valence-corrected chi connectivity index (χ3v) is 14.7. The van der Waals surface area contributed by atoms with Crippen LogP contribution in [0.5, 0.6) is 0 Å². The van der Waals surface area contributed by atoms with Gasteiger partial charge < -0.3 is 5.73 Å². The monoisotopic (exact) mass is 808 g/mol. The number of benzene rings is 8. The Balaban J connectivity index is 1.01. The van der Waals surface area contributed by atoms with Crippen LogP contribution in [0.3, 0.4) is 0 Å². The van der Waals surface area contributed by atoms with Crippen molar-refractivity contribution in [2.24, 2.45) is 10.9 Å². The maximum atomic E-state index is 6.80. The van der Waals surface area contributed by atoms with E-state index in [9.17, 15) is 0 Å². The van der Waals surface area contributed by atoms with Gasteiger partial charge in [0.05, 0.1) is 17.7 Å². The number of aryl methyl sites for hydroxylation is 1. The number of hydrogen-bond donors (Lipinski definition) is 1. The lowest BCUT2D eigenvalue weighted by Gasteiger charge is -2.31. The number of hydrogen-bond acceptors (Lipinski definition) is 2. The Morgan fingerprint density at radius 1 is 0.603 bits per heavy atom. The van der Waals surface area contributed by atoms with Crippen molar-refractivity contribution in [3.8, 4) is 44.5 Å². The van der Waals surface area contributed by atoms with Crippen molar-refractivity contribution in [3.05, 3.63) is 249 Å².